The van der Waals surface area contributed by atoms with Crippen molar-refractivity contribution in [2.75, 3.05) is 17.7 Å². The zero-order valence-electron chi connectivity index (χ0n) is 9.74. The zero-order chi connectivity index (χ0) is 12.1. The SMILES string of the molecule is CSCCC(C)NC(=O)c1sc(N)nc1C. The van der Waals surface area contributed by atoms with Gasteiger partial charge in [0.1, 0.15) is 4.88 Å². The van der Waals surface area contributed by atoms with Crippen LogP contribution < -0.4 is 11.1 Å². The van der Waals surface area contributed by atoms with E-state index in [4.69, 9.17) is 5.73 Å². The fourth-order valence-electron chi connectivity index (χ4n) is 1.28. The van der Waals surface area contributed by atoms with Gasteiger partial charge in [0.05, 0.1) is 5.69 Å². The minimum Gasteiger partial charge on any atom is -0.375 e. The molecule has 4 nitrogen and oxygen atoms in total. The van der Waals surface area contributed by atoms with Gasteiger partial charge in [-0.3, -0.25) is 4.79 Å². The normalized spacial score (nSPS) is 12.4. The Morgan fingerprint density at radius 1 is 1.69 bits per heavy atom. The molecular formula is C10H17N3OS2. The second-order valence-electron chi connectivity index (χ2n) is 3.62. The maximum Gasteiger partial charge on any atom is 0.263 e. The minimum absolute atomic E-state index is 0.0692. The first-order chi connectivity index (χ1) is 7.54. The van der Waals surface area contributed by atoms with Crippen molar-refractivity contribution in [3.63, 3.8) is 0 Å². The van der Waals surface area contributed by atoms with Crippen molar-refractivity contribution in [1.82, 2.24) is 10.3 Å². The number of amides is 1. The van der Waals surface area contributed by atoms with Crippen LogP contribution in [0.5, 0.6) is 0 Å². The highest BCUT2D eigenvalue weighted by Gasteiger charge is 2.15. The Kier molecular flexibility index (Phi) is 5.08. The van der Waals surface area contributed by atoms with E-state index in [1.54, 1.807) is 18.7 Å². The monoisotopic (exact) mass is 259 g/mol. The van der Waals surface area contributed by atoms with E-state index in [0.717, 1.165) is 12.2 Å². The second-order valence-corrected chi connectivity index (χ2v) is 5.64. The maximum absolute atomic E-state index is 11.8. The first kappa shape index (κ1) is 13.3. The molecule has 0 aromatic carbocycles. The number of nitrogens with zero attached hydrogens (tertiary/aromatic N) is 1. The molecular weight excluding hydrogens is 242 g/mol. The van der Waals surface area contributed by atoms with Gasteiger partial charge in [0.2, 0.25) is 0 Å². The summed E-state index contributed by atoms with van der Waals surface area (Å²) in [5.74, 6) is 0.978. The molecule has 1 amide bonds. The number of carbonyl (C=O) groups is 1. The van der Waals surface area contributed by atoms with Crippen LogP contribution in [0.2, 0.25) is 0 Å². The summed E-state index contributed by atoms with van der Waals surface area (Å²) in [5.41, 5.74) is 6.26. The number of rotatable bonds is 5. The molecule has 90 valence electrons. The molecule has 0 saturated heterocycles. The van der Waals surface area contributed by atoms with Gasteiger partial charge in [-0.2, -0.15) is 11.8 Å². The standard InChI is InChI=1S/C10H17N3OS2/c1-6(4-5-15-3)12-9(14)8-7(2)13-10(11)16-8/h6H,4-5H2,1-3H3,(H2,11,13)(H,12,14). The Morgan fingerprint density at radius 3 is 2.88 bits per heavy atom. The van der Waals surface area contributed by atoms with Crippen molar-refractivity contribution in [2.24, 2.45) is 0 Å². The van der Waals surface area contributed by atoms with Gasteiger partial charge in [-0.15, -0.1) is 0 Å². The quantitative estimate of drug-likeness (QED) is 0.847. The van der Waals surface area contributed by atoms with E-state index in [1.165, 1.54) is 11.3 Å². The van der Waals surface area contributed by atoms with Crippen LogP contribution in [-0.4, -0.2) is 28.9 Å². The van der Waals surface area contributed by atoms with Gasteiger partial charge >= 0.3 is 0 Å². The molecule has 6 heteroatoms. The number of nitrogens with two attached hydrogens (primary N) is 1. The van der Waals surface area contributed by atoms with Gasteiger partial charge in [-0.25, -0.2) is 4.98 Å². The lowest BCUT2D eigenvalue weighted by Crippen LogP contribution is -2.32. The first-order valence-corrected chi connectivity index (χ1v) is 7.28. The molecule has 1 aromatic rings. The molecule has 0 aliphatic heterocycles. The molecule has 1 unspecified atom stereocenters. The average molecular weight is 259 g/mol. The predicted octanol–water partition coefficient (Wildman–Crippen LogP) is 1.91. The Balaban J connectivity index is 2.55. The van der Waals surface area contributed by atoms with Crippen LogP contribution in [0.3, 0.4) is 0 Å². The van der Waals surface area contributed by atoms with Crippen LogP contribution in [0, 0.1) is 6.92 Å². The van der Waals surface area contributed by atoms with Crippen molar-refractivity contribution in [1.29, 1.82) is 0 Å². The van der Waals surface area contributed by atoms with Crippen LogP contribution >= 0.6 is 23.1 Å². The molecule has 0 saturated carbocycles. The molecule has 1 aromatic heterocycles. The number of thiazole rings is 1. The van der Waals surface area contributed by atoms with E-state index < -0.39 is 0 Å². The lowest BCUT2D eigenvalue weighted by molar-refractivity contribution is 0.0943. The summed E-state index contributed by atoms with van der Waals surface area (Å²) in [6.07, 6.45) is 3.03. The highest BCUT2D eigenvalue weighted by molar-refractivity contribution is 7.98. The molecule has 3 N–H and O–H groups in total. The number of hydrogen-bond donors (Lipinski definition) is 2. The second kappa shape index (κ2) is 6.10. The van der Waals surface area contributed by atoms with Gasteiger partial charge in [-0.05, 0) is 32.3 Å². The molecule has 0 spiro atoms. The topological polar surface area (TPSA) is 68.0 Å². The molecule has 0 radical (unpaired) electrons. The van der Waals surface area contributed by atoms with Gasteiger partial charge in [0, 0.05) is 6.04 Å². The van der Waals surface area contributed by atoms with Crippen molar-refractivity contribution < 1.29 is 4.79 Å². The van der Waals surface area contributed by atoms with E-state index >= 15 is 0 Å². The van der Waals surface area contributed by atoms with Crippen LogP contribution in [0.1, 0.15) is 28.7 Å². The molecule has 0 fully saturated rings. The summed E-state index contributed by atoms with van der Waals surface area (Å²) < 4.78 is 0. The van der Waals surface area contributed by atoms with Crippen molar-refractivity contribution in [2.45, 2.75) is 26.3 Å². The molecule has 0 aliphatic rings. The summed E-state index contributed by atoms with van der Waals surface area (Å²) in [7, 11) is 0. The summed E-state index contributed by atoms with van der Waals surface area (Å²) in [6.45, 7) is 3.81. The average Bonchev–Trinajstić information content (AvgIpc) is 2.54. The number of nitrogens with one attached hydrogen (secondary N) is 1. The van der Waals surface area contributed by atoms with Crippen LogP contribution in [0.25, 0.3) is 0 Å². The van der Waals surface area contributed by atoms with Gasteiger partial charge in [0.25, 0.3) is 5.91 Å². The summed E-state index contributed by atoms with van der Waals surface area (Å²) >= 11 is 3.02. The van der Waals surface area contributed by atoms with Crippen LogP contribution in [0.4, 0.5) is 5.13 Å². The predicted molar refractivity (Wildman–Crippen MR) is 71.2 cm³/mol. The molecule has 1 atom stereocenters. The molecule has 0 bridgehead atoms. The molecule has 1 rings (SSSR count). The van der Waals surface area contributed by atoms with Gasteiger partial charge < -0.3 is 11.1 Å². The minimum atomic E-state index is -0.0692. The van der Waals surface area contributed by atoms with E-state index in [9.17, 15) is 4.79 Å². The van der Waals surface area contributed by atoms with E-state index in [2.05, 4.69) is 16.6 Å². The number of nitrogen functional groups attached to an aromatic ring is 1. The third kappa shape index (κ3) is 3.68. The van der Waals surface area contributed by atoms with Gasteiger partial charge in [0.15, 0.2) is 5.13 Å². The Labute approximate surface area is 104 Å². The Bertz CT molecular complexity index is 365. The third-order valence-electron chi connectivity index (χ3n) is 2.15. The fourth-order valence-corrected chi connectivity index (χ4v) is 2.61. The smallest absolute Gasteiger partial charge is 0.263 e. The first-order valence-electron chi connectivity index (χ1n) is 5.07. The third-order valence-corrected chi connectivity index (χ3v) is 3.78. The van der Waals surface area contributed by atoms with Crippen LogP contribution in [0.15, 0.2) is 0 Å². The Hall–Kier alpha value is -0.750. The number of hydrogen-bond acceptors (Lipinski definition) is 5. The van der Waals surface area contributed by atoms with Crippen LogP contribution in [-0.2, 0) is 0 Å². The largest absolute Gasteiger partial charge is 0.375 e. The molecule has 1 heterocycles. The summed E-state index contributed by atoms with van der Waals surface area (Å²) in [6, 6.07) is 0.183. The molecule has 0 aliphatic carbocycles. The van der Waals surface area contributed by atoms with Crippen molar-refractivity contribution >= 4 is 34.1 Å². The Morgan fingerprint density at radius 2 is 2.38 bits per heavy atom. The zero-order valence-corrected chi connectivity index (χ0v) is 11.4. The van der Waals surface area contributed by atoms with E-state index in [1.807, 2.05) is 6.92 Å². The lowest BCUT2D eigenvalue weighted by atomic mass is 10.2. The maximum atomic E-state index is 11.8. The number of carbonyl (C=O) groups excluding carboxylic acids is 1. The van der Waals surface area contributed by atoms with E-state index in [-0.39, 0.29) is 11.9 Å². The number of aromatic nitrogens is 1. The molecule has 16 heavy (non-hydrogen) atoms. The number of aryl methyl sites for hydroxylation is 1. The summed E-state index contributed by atoms with van der Waals surface area (Å²) in [5, 5.41) is 3.39. The highest BCUT2D eigenvalue weighted by Crippen LogP contribution is 2.19. The number of anilines is 1. The lowest BCUT2D eigenvalue weighted by Gasteiger charge is -2.12. The van der Waals surface area contributed by atoms with Crippen molar-refractivity contribution in [3.05, 3.63) is 10.6 Å². The highest BCUT2D eigenvalue weighted by atomic mass is 32.2. The van der Waals surface area contributed by atoms with Crippen molar-refractivity contribution in [3.8, 4) is 0 Å². The fraction of sp³-hybridized carbons (Fsp3) is 0.600. The van der Waals surface area contributed by atoms with Gasteiger partial charge in [-0.1, -0.05) is 11.3 Å². The van der Waals surface area contributed by atoms with E-state index in [0.29, 0.717) is 15.7 Å². The summed E-state index contributed by atoms with van der Waals surface area (Å²) in [4.78, 5) is 16.5. The number of thioether (sulfide) groups is 1.